The predicted molar refractivity (Wildman–Crippen MR) is 186 cm³/mol. The average Bonchev–Trinajstić information content (AvgIpc) is 3.67. The van der Waals surface area contributed by atoms with Gasteiger partial charge in [0.15, 0.2) is 0 Å². The van der Waals surface area contributed by atoms with E-state index in [-0.39, 0.29) is 25.0 Å². The van der Waals surface area contributed by atoms with Crippen molar-refractivity contribution in [2.24, 2.45) is 17.8 Å². The zero-order valence-corrected chi connectivity index (χ0v) is 30.3. The number of hydrogen-bond acceptors (Lipinski definition) is 13. The number of nitrogens with zero attached hydrogens (tertiary/aromatic N) is 1. The highest BCUT2D eigenvalue weighted by Gasteiger charge is 2.49. The Kier molecular flexibility index (Phi) is 23.6. The molecular formula is C36H57N3O13. The zero-order valence-electron chi connectivity index (χ0n) is 30.3. The quantitative estimate of drug-likeness (QED) is 0.0561. The Hall–Kier alpha value is -3.14. The van der Waals surface area contributed by atoms with Gasteiger partial charge in [0.05, 0.1) is 112 Å². The first-order valence-electron chi connectivity index (χ1n) is 18.3. The lowest BCUT2D eigenvalue weighted by molar-refractivity contribution is -0.137. The van der Waals surface area contributed by atoms with Crippen molar-refractivity contribution < 1.29 is 61.8 Å². The van der Waals surface area contributed by atoms with Crippen LogP contribution in [0.25, 0.3) is 0 Å². The van der Waals surface area contributed by atoms with Crippen molar-refractivity contribution in [3.63, 3.8) is 0 Å². The second kappa shape index (κ2) is 28.4. The number of carbonyl (C=O) groups excluding carboxylic acids is 4. The molecular weight excluding hydrogens is 682 g/mol. The van der Waals surface area contributed by atoms with Crippen LogP contribution in [0.15, 0.2) is 12.2 Å². The summed E-state index contributed by atoms with van der Waals surface area (Å²) in [5.41, 5.74) is 0. The van der Waals surface area contributed by atoms with Crippen LogP contribution in [0, 0.1) is 29.6 Å². The van der Waals surface area contributed by atoms with Gasteiger partial charge >= 0.3 is 6.09 Å². The van der Waals surface area contributed by atoms with E-state index in [0.29, 0.717) is 143 Å². The first-order valence-corrected chi connectivity index (χ1v) is 18.3. The van der Waals surface area contributed by atoms with Crippen LogP contribution in [0.3, 0.4) is 0 Å². The number of ether oxygens (including phenoxy) is 9. The van der Waals surface area contributed by atoms with E-state index in [4.69, 9.17) is 42.6 Å². The van der Waals surface area contributed by atoms with Gasteiger partial charge in [-0.25, -0.2) is 4.79 Å². The summed E-state index contributed by atoms with van der Waals surface area (Å²) < 4.78 is 49.1. The zero-order chi connectivity index (χ0) is 36.9. The smallest absolute Gasteiger partial charge is 0.407 e. The third-order valence-electron chi connectivity index (χ3n) is 8.40. The monoisotopic (exact) mass is 739 g/mol. The topological polar surface area (TPSA) is 179 Å². The molecule has 0 aromatic heterocycles. The van der Waals surface area contributed by atoms with E-state index in [1.807, 2.05) is 0 Å². The number of alkyl carbamates (subject to hydrolysis) is 1. The minimum absolute atomic E-state index is 0.0502. The van der Waals surface area contributed by atoms with Gasteiger partial charge in [0.2, 0.25) is 5.91 Å². The maximum Gasteiger partial charge on any atom is 0.407 e. The molecule has 2 unspecified atom stereocenters. The molecule has 0 bridgehead atoms. The highest BCUT2D eigenvalue weighted by atomic mass is 16.6. The summed E-state index contributed by atoms with van der Waals surface area (Å²) in [4.78, 5) is 47.6. The maximum atomic E-state index is 11.9. The molecule has 52 heavy (non-hydrogen) atoms. The molecule has 16 heteroatoms. The average molecular weight is 740 g/mol. The standard InChI is InChI=1S/C36H57N3O13/c40-33(9-12-39-34(41)7-8-35(39)42)37-10-13-44-15-17-46-19-21-48-23-25-50-27-28-51-26-24-49-22-20-47-18-16-45-14-11-38-36(43)52-29-32-30-5-3-1-2-4-6-31(30)32/h7-8,30-32H,3-6,9-29H2,(H,37,40)(H,38,43). The lowest BCUT2D eigenvalue weighted by atomic mass is 10.1. The van der Waals surface area contributed by atoms with Crippen LogP contribution >= 0.6 is 0 Å². The van der Waals surface area contributed by atoms with Crippen molar-refractivity contribution in [1.82, 2.24) is 15.5 Å². The van der Waals surface area contributed by atoms with Crippen molar-refractivity contribution in [2.75, 3.05) is 132 Å². The molecule has 4 amide bonds. The summed E-state index contributed by atoms with van der Waals surface area (Å²) in [5, 5.41) is 5.40. The number of imide groups is 1. The van der Waals surface area contributed by atoms with Crippen LogP contribution in [0.2, 0.25) is 0 Å². The van der Waals surface area contributed by atoms with Crippen molar-refractivity contribution in [1.29, 1.82) is 0 Å². The number of amides is 4. The molecule has 2 N–H and O–H groups in total. The van der Waals surface area contributed by atoms with Gasteiger partial charge in [-0.15, -0.1) is 11.8 Å². The van der Waals surface area contributed by atoms with Gasteiger partial charge in [-0.2, -0.15) is 0 Å². The van der Waals surface area contributed by atoms with E-state index in [2.05, 4.69) is 22.5 Å². The highest BCUT2D eigenvalue weighted by molar-refractivity contribution is 6.13. The number of hydrogen-bond donors (Lipinski definition) is 2. The first kappa shape index (κ1) is 43.3. The molecule has 3 aliphatic rings. The molecule has 2 atom stereocenters. The molecule has 1 heterocycles. The number of fused-ring (bicyclic) bond motifs is 1. The van der Waals surface area contributed by atoms with Crippen LogP contribution in [0.1, 0.15) is 32.1 Å². The van der Waals surface area contributed by atoms with E-state index in [0.717, 1.165) is 30.6 Å². The third kappa shape index (κ3) is 20.2. The SMILES string of the molecule is O=C(CCN1C(=O)C=CC1=O)NCCOCCOCCOCCOCCOCCOCCOCCOCCNC(=O)OCC1C2CCC#CCCC21. The Bertz CT molecular complexity index is 1090. The second-order valence-corrected chi connectivity index (χ2v) is 12.1. The molecule has 0 aromatic rings. The Morgan fingerprint density at radius 2 is 0.981 bits per heavy atom. The first-order chi connectivity index (χ1) is 25.6. The fraction of sp³-hybridized carbons (Fsp3) is 0.778. The van der Waals surface area contributed by atoms with E-state index in [1.54, 1.807) is 0 Å². The summed E-state index contributed by atoms with van der Waals surface area (Å²) in [6.45, 7) is 8.23. The summed E-state index contributed by atoms with van der Waals surface area (Å²) in [5.74, 6) is 7.15. The molecule has 0 saturated heterocycles. The highest BCUT2D eigenvalue weighted by Crippen LogP contribution is 2.52. The van der Waals surface area contributed by atoms with Crippen molar-refractivity contribution in [3.8, 4) is 11.8 Å². The normalized spacial score (nSPS) is 19.1. The van der Waals surface area contributed by atoms with Crippen molar-refractivity contribution in [2.45, 2.75) is 32.1 Å². The van der Waals surface area contributed by atoms with Crippen LogP contribution in [0.5, 0.6) is 0 Å². The van der Waals surface area contributed by atoms with Crippen molar-refractivity contribution >= 4 is 23.8 Å². The van der Waals surface area contributed by atoms with E-state index in [1.165, 1.54) is 12.2 Å². The van der Waals surface area contributed by atoms with Crippen LogP contribution < -0.4 is 10.6 Å². The molecule has 3 rings (SSSR count). The molecule has 294 valence electrons. The summed E-state index contributed by atoms with van der Waals surface area (Å²) >= 11 is 0. The molecule has 1 aliphatic heterocycles. The van der Waals surface area contributed by atoms with Gasteiger partial charge in [-0.3, -0.25) is 19.3 Å². The van der Waals surface area contributed by atoms with Crippen molar-refractivity contribution in [3.05, 3.63) is 12.2 Å². The van der Waals surface area contributed by atoms with Gasteiger partial charge in [0, 0.05) is 51.0 Å². The minimum atomic E-state index is -0.399. The Morgan fingerprint density at radius 1 is 0.596 bits per heavy atom. The third-order valence-corrected chi connectivity index (χ3v) is 8.40. The van der Waals surface area contributed by atoms with Gasteiger partial charge in [-0.1, -0.05) is 0 Å². The molecule has 2 aliphatic carbocycles. The molecule has 0 spiro atoms. The van der Waals surface area contributed by atoms with Crippen LogP contribution in [-0.4, -0.2) is 161 Å². The molecule has 0 aromatic carbocycles. The number of rotatable bonds is 32. The van der Waals surface area contributed by atoms with E-state index < -0.39 is 11.8 Å². The fourth-order valence-corrected chi connectivity index (χ4v) is 5.59. The van der Waals surface area contributed by atoms with Crippen LogP contribution in [-0.2, 0) is 57.0 Å². The van der Waals surface area contributed by atoms with E-state index in [9.17, 15) is 19.2 Å². The van der Waals surface area contributed by atoms with Gasteiger partial charge < -0.3 is 53.3 Å². The van der Waals surface area contributed by atoms with Gasteiger partial charge in [0.1, 0.15) is 0 Å². The lowest BCUT2D eigenvalue weighted by Gasteiger charge is -2.13. The summed E-state index contributed by atoms with van der Waals surface area (Å²) in [6.07, 6.45) is 6.19. The predicted octanol–water partition coefficient (Wildman–Crippen LogP) is 0.716. The molecule has 16 nitrogen and oxygen atoms in total. The minimum Gasteiger partial charge on any atom is -0.449 e. The Morgan fingerprint density at radius 3 is 1.40 bits per heavy atom. The largest absolute Gasteiger partial charge is 0.449 e. The second-order valence-electron chi connectivity index (χ2n) is 12.1. The maximum absolute atomic E-state index is 11.9. The van der Waals surface area contributed by atoms with Gasteiger partial charge in [-0.05, 0) is 30.6 Å². The van der Waals surface area contributed by atoms with Gasteiger partial charge in [0.25, 0.3) is 11.8 Å². The summed E-state index contributed by atoms with van der Waals surface area (Å²) in [7, 11) is 0. The molecule has 1 fully saturated rings. The Balaban J connectivity index is 0.917. The molecule has 0 radical (unpaired) electrons. The number of nitrogens with one attached hydrogen (secondary N) is 2. The fourth-order valence-electron chi connectivity index (χ4n) is 5.59. The number of carbonyl (C=O) groups is 4. The summed E-state index contributed by atoms with van der Waals surface area (Å²) in [6, 6.07) is 0. The Labute approximate surface area is 306 Å². The lowest BCUT2D eigenvalue weighted by Crippen LogP contribution is -2.35. The molecule has 1 saturated carbocycles. The van der Waals surface area contributed by atoms with E-state index >= 15 is 0 Å². The van der Waals surface area contributed by atoms with Crippen LogP contribution in [0.4, 0.5) is 4.79 Å².